The summed E-state index contributed by atoms with van der Waals surface area (Å²) in [7, 11) is 0. The van der Waals surface area contributed by atoms with Gasteiger partial charge in [-0.05, 0) is 49.6 Å². The van der Waals surface area contributed by atoms with Gasteiger partial charge in [0.15, 0.2) is 0 Å². The van der Waals surface area contributed by atoms with E-state index in [9.17, 15) is 9.59 Å². The number of rotatable bonds is 9. The van der Waals surface area contributed by atoms with Gasteiger partial charge in [-0.2, -0.15) is 0 Å². The van der Waals surface area contributed by atoms with Crippen molar-refractivity contribution in [2.45, 2.75) is 51.0 Å². The number of aromatic amines is 1. The first-order chi connectivity index (χ1) is 18.1. The summed E-state index contributed by atoms with van der Waals surface area (Å²) in [6, 6.07) is 27.9. The molecule has 0 amide bonds. The Labute approximate surface area is 217 Å². The highest BCUT2D eigenvalue weighted by Crippen LogP contribution is 2.25. The second-order valence-corrected chi connectivity index (χ2v) is 9.86. The maximum Gasteiger partial charge on any atom is 0.326 e. The van der Waals surface area contributed by atoms with E-state index in [1.807, 2.05) is 60.7 Å². The van der Waals surface area contributed by atoms with Gasteiger partial charge in [0.25, 0.3) is 0 Å². The Bertz CT molecular complexity index is 1320. The molecule has 3 atom stereocenters. The monoisotopic (exact) mass is 498 g/mol. The molecule has 2 heterocycles. The molecular weight excluding hydrogens is 464 g/mol. The van der Waals surface area contributed by atoms with E-state index in [0.717, 1.165) is 30.5 Å². The van der Waals surface area contributed by atoms with E-state index in [4.69, 9.17) is 4.74 Å². The Balaban J connectivity index is 1.23. The Morgan fingerprint density at radius 2 is 1.59 bits per heavy atom. The molecule has 4 aromatic rings. The smallest absolute Gasteiger partial charge is 0.326 e. The number of aromatic nitrogens is 2. The lowest BCUT2D eigenvalue weighted by Gasteiger charge is -2.32. The number of fused-ring (bicyclic) bond motifs is 1. The molecule has 0 bridgehead atoms. The largest absolute Gasteiger partial charge is 0.463 e. The maximum atomic E-state index is 13.1. The predicted octanol–water partition coefficient (Wildman–Crippen LogP) is 4.26. The Hall–Kier alpha value is -3.68. The lowest BCUT2D eigenvalue weighted by molar-refractivity contribution is -0.149. The van der Waals surface area contributed by atoms with Gasteiger partial charge in [0, 0.05) is 25.2 Å². The Morgan fingerprint density at radius 3 is 2.27 bits per heavy atom. The molecule has 5 rings (SSSR count). The van der Waals surface area contributed by atoms with Gasteiger partial charge in [-0.25, -0.2) is 4.79 Å². The van der Waals surface area contributed by atoms with Crippen LogP contribution >= 0.6 is 0 Å². The summed E-state index contributed by atoms with van der Waals surface area (Å²) in [4.78, 5) is 31.0. The average molecular weight is 499 g/mol. The standard InChI is InChI=1S/C30H34N4O3/c1-22(33(19-23-10-4-2-5-11-23)20-24-12-6-3-7-13-24)21-37-29(35)27-18-25(16-17-31-27)34-28-15-9-8-14-26(28)32-30(34)36/h2-15,22,25,27,31H,16-21H2,1H3,(H,32,36). The molecular formula is C30H34N4O3. The van der Waals surface area contributed by atoms with Crippen molar-refractivity contribution >= 4 is 17.0 Å². The highest BCUT2D eigenvalue weighted by molar-refractivity contribution is 5.77. The highest BCUT2D eigenvalue weighted by Gasteiger charge is 2.31. The first-order valence-electron chi connectivity index (χ1n) is 13.0. The minimum atomic E-state index is -0.441. The molecule has 3 unspecified atom stereocenters. The molecule has 1 saturated heterocycles. The third-order valence-corrected chi connectivity index (χ3v) is 7.20. The molecule has 1 aliphatic heterocycles. The number of imidazole rings is 1. The van der Waals surface area contributed by atoms with Crippen molar-refractivity contribution in [1.29, 1.82) is 0 Å². The van der Waals surface area contributed by atoms with Crippen molar-refractivity contribution in [3.8, 4) is 0 Å². The van der Waals surface area contributed by atoms with E-state index in [2.05, 4.69) is 46.4 Å². The van der Waals surface area contributed by atoms with E-state index in [1.165, 1.54) is 11.1 Å². The lowest BCUT2D eigenvalue weighted by atomic mass is 9.99. The van der Waals surface area contributed by atoms with Crippen LogP contribution in [0.4, 0.5) is 0 Å². The van der Waals surface area contributed by atoms with Gasteiger partial charge in [-0.15, -0.1) is 0 Å². The van der Waals surface area contributed by atoms with Crippen LogP contribution in [0.5, 0.6) is 0 Å². The summed E-state index contributed by atoms with van der Waals surface area (Å²) in [5.74, 6) is -0.260. The quantitative estimate of drug-likeness (QED) is 0.337. The van der Waals surface area contributed by atoms with Crippen LogP contribution in [0.2, 0.25) is 0 Å². The molecule has 2 N–H and O–H groups in total. The Kier molecular flexibility index (Phi) is 7.82. The number of hydrogen-bond donors (Lipinski definition) is 2. The number of nitrogens with zero attached hydrogens (tertiary/aromatic N) is 2. The minimum Gasteiger partial charge on any atom is -0.463 e. The fourth-order valence-electron chi connectivity index (χ4n) is 5.16. The molecule has 0 radical (unpaired) electrons. The topological polar surface area (TPSA) is 79.4 Å². The van der Waals surface area contributed by atoms with Gasteiger partial charge in [0.2, 0.25) is 0 Å². The number of carbonyl (C=O) groups is 1. The van der Waals surface area contributed by atoms with Crippen LogP contribution in [0.1, 0.15) is 36.9 Å². The first kappa shape index (κ1) is 25.0. The summed E-state index contributed by atoms with van der Waals surface area (Å²) >= 11 is 0. The van der Waals surface area contributed by atoms with Crippen LogP contribution in [0.3, 0.4) is 0 Å². The summed E-state index contributed by atoms with van der Waals surface area (Å²) in [5, 5.41) is 3.30. The van der Waals surface area contributed by atoms with E-state index in [-0.39, 0.29) is 23.7 Å². The van der Waals surface area contributed by atoms with Crippen LogP contribution < -0.4 is 11.0 Å². The van der Waals surface area contributed by atoms with Gasteiger partial charge in [-0.3, -0.25) is 14.3 Å². The second kappa shape index (κ2) is 11.6. The van der Waals surface area contributed by atoms with Crippen molar-refractivity contribution in [2.75, 3.05) is 13.2 Å². The molecule has 0 aliphatic carbocycles. The molecule has 1 aliphatic rings. The van der Waals surface area contributed by atoms with Crippen LogP contribution in [-0.4, -0.2) is 45.7 Å². The number of nitrogens with one attached hydrogen (secondary N) is 2. The van der Waals surface area contributed by atoms with E-state index >= 15 is 0 Å². The zero-order valence-corrected chi connectivity index (χ0v) is 21.2. The van der Waals surface area contributed by atoms with E-state index in [0.29, 0.717) is 19.6 Å². The van der Waals surface area contributed by atoms with Crippen LogP contribution in [0, 0.1) is 0 Å². The summed E-state index contributed by atoms with van der Waals surface area (Å²) in [6.07, 6.45) is 1.30. The maximum absolute atomic E-state index is 13.1. The zero-order chi connectivity index (χ0) is 25.6. The van der Waals surface area contributed by atoms with Gasteiger partial charge in [0.1, 0.15) is 12.6 Å². The molecule has 0 spiro atoms. The number of ether oxygens (including phenoxy) is 1. The normalized spacial score (nSPS) is 18.6. The number of carbonyl (C=O) groups excluding carboxylic acids is 1. The summed E-state index contributed by atoms with van der Waals surface area (Å²) in [5.41, 5.74) is 4.00. The van der Waals surface area contributed by atoms with Crippen molar-refractivity contribution in [2.24, 2.45) is 0 Å². The van der Waals surface area contributed by atoms with Gasteiger partial charge < -0.3 is 15.0 Å². The third-order valence-electron chi connectivity index (χ3n) is 7.20. The van der Waals surface area contributed by atoms with Gasteiger partial charge >= 0.3 is 11.7 Å². The number of benzene rings is 3. The van der Waals surface area contributed by atoms with Crippen molar-refractivity contribution in [1.82, 2.24) is 19.8 Å². The van der Waals surface area contributed by atoms with Crippen molar-refractivity contribution in [3.05, 3.63) is 107 Å². The van der Waals surface area contributed by atoms with Crippen LogP contribution in [0.25, 0.3) is 11.0 Å². The zero-order valence-electron chi connectivity index (χ0n) is 21.2. The van der Waals surface area contributed by atoms with Gasteiger partial charge in [0.05, 0.1) is 11.0 Å². The highest BCUT2D eigenvalue weighted by atomic mass is 16.5. The van der Waals surface area contributed by atoms with E-state index < -0.39 is 6.04 Å². The molecule has 1 fully saturated rings. The second-order valence-electron chi connectivity index (χ2n) is 9.86. The minimum absolute atomic E-state index is 0.0278. The summed E-state index contributed by atoms with van der Waals surface area (Å²) < 4.78 is 7.64. The third kappa shape index (κ3) is 6.01. The molecule has 192 valence electrons. The molecule has 7 nitrogen and oxygen atoms in total. The Morgan fingerprint density at radius 1 is 0.973 bits per heavy atom. The first-order valence-corrected chi connectivity index (χ1v) is 13.0. The lowest BCUT2D eigenvalue weighted by Crippen LogP contribution is -2.47. The number of hydrogen-bond acceptors (Lipinski definition) is 5. The molecule has 7 heteroatoms. The molecule has 1 aromatic heterocycles. The fourth-order valence-corrected chi connectivity index (χ4v) is 5.16. The van der Waals surface area contributed by atoms with Crippen molar-refractivity contribution < 1.29 is 9.53 Å². The average Bonchev–Trinajstić information content (AvgIpc) is 3.28. The van der Waals surface area contributed by atoms with E-state index in [1.54, 1.807) is 4.57 Å². The predicted molar refractivity (Wildman–Crippen MR) is 145 cm³/mol. The fraction of sp³-hybridized carbons (Fsp3) is 0.333. The number of piperidine rings is 1. The van der Waals surface area contributed by atoms with Crippen molar-refractivity contribution in [3.63, 3.8) is 0 Å². The number of esters is 1. The molecule has 0 saturated carbocycles. The SMILES string of the molecule is CC(COC(=O)C1CC(n2c(=O)[nH]c3ccccc32)CCN1)N(Cc1ccccc1)Cc1ccccc1. The summed E-state index contributed by atoms with van der Waals surface area (Å²) in [6.45, 7) is 4.58. The molecule has 37 heavy (non-hydrogen) atoms. The van der Waals surface area contributed by atoms with Crippen LogP contribution in [0.15, 0.2) is 89.7 Å². The van der Waals surface area contributed by atoms with Gasteiger partial charge in [-0.1, -0.05) is 72.8 Å². The number of para-hydroxylation sites is 2. The molecule has 3 aromatic carbocycles. The number of H-pyrrole nitrogens is 1. The van der Waals surface area contributed by atoms with Crippen LogP contribution in [-0.2, 0) is 22.6 Å².